The zero-order valence-electron chi connectivity index (χ0n) is 16.2. The lowest BCUT2D eigenvalue weighted by Crippen LogP contribution is -2.36. The number of ether oxygens (including phenoxy) is 1. The highest BCUT2D eigenvalue weighted by Gasteiger charge is 2.13. The first-order valence-corrected chi connectivity index (χ1v) is 9.02. The van der Waals surface area contributed by atoms with Gasteiger partial charge in [0.2, 0.25) is 5.91 Å². The number of carbonyl (C=O) groups is 2. The average Bonchev–Trinajstić information content (AvgIpc) is 2.70. The number of benzene rings is 2. The fourth-order valence-corrected chi connectivity index (χ4v) is 2.88. The van der Waals surface area contributed by atoms with Crippen molar-refractivity contribution in [3.05, 3.63) is 70.9 Å². The van der Waals surface area contributed by atoms with Crippen LogP contribution >= 0.6 is 0 Å². The van der Waals surface area contributed by atoms with Crippen molar-refractivity contribution in [3.63, 3.8) is 0 Å². The van der Waals surface area contributed by atoms with Crippen molar-refractivity contribution in [3.8, 4) is 5.75 Å². The van der Waals surface area contributed by atoms with Gasteiger partial charge in [0.15, 0.2) is 0 Å². The molecular formula is C22H23N3O3. The molecule has 6 nitrogen and oxygen atoms in total. The van der Waals surface area contributed by atoms with E-state index < -0.39 is 0 Å². The molecule has 0 aliphatic carbocycles. The van der Waals surface area contributed by atoms with Gasteiger partial charge in [-0.15, -0.1) is 0 Å². The largest absolute Gasteiger partial charge is 0.497 e. The third kappa shape index (κ3) is 4.65. The van der Waals surface area contributed by atoms with E-state index in [1.54, 1.807) is 14.0 Å². The van der Waals surface area contributed by atoms with E-state index >= 15 is 0 Å². The van der Waals surface area contributed by atoms with Crippen LogP contribution in [0.25, 0.3) is 10.9 Å². The van der Waals surface area contributed by atoms with Gasteiger partial charge in [-0.3, -0.25) is 14.6 Å². The zero-order valence-corrected chi connectivity index (χ0v) is 16.2. The Labute approximate surface area is 163 Å². The van der Waals surface area contributed by atoms with Gasteiger partial charge in [0.1, 0.15) is 5.75 Å². The molecule has 28 heavy (non-hydrogen) atoms. The first-order valence-electron chi connectivity index (χ1n) is 9.02. The number of hydrogen-bond donors (Lipinski definition) is 2. The molecule has 1 heterocycles. The van der Waals surface area contributed by atoms with Gasteiger partial charge in [0, 0.05) is 11.9 Å². The number of hydrogen-bond acceptors (Lipinski definition) is 4. The van der Waals surface area contributed by atoms with E-state index in [0.717, 1.165) is 27.8 Å². The van der Waals surface area contributed by atoms with Gasteiger partial charge < -0.3 is 15.4 Å². The summed E-state index contributed by atoms with van der Waals surface area (Å²) >= 11 is 0. The predicted molar refractivity (Wildman–Crippen MR) is 108 cm³/mol. The maximum Gasteiger partial charge on any atom is 0.253 e. The van der Waals surface area contributed by atoms with Crippen LogP contribution in [0.3, 0.4) is 0 Å². The van der Waals surface area contributed by atoms with Crippen molar-refractivity contribution in [2.75, 3.05) is 13.7 Å². The second kappa shape index (κ2) is 8.52. The number of nitrogens with one attached hydrogen (secondary N) is 2. The molecule has 0 fully saturated rings. The van der Waals surface area contributed by atoms with Crippen molar-refractivity contribution >= 4 is 22.7 Å². The number of fused-ring (bicyclic) bond motifs is 1. The summed E-state index contributed by atoms with van der Waals surface area (Å²) in [6.45, 7) is 4.07. The number of amides is 2. The quantitative estimate of drug-likeness (QED) is 0.692. The van der Waals surface area contributed by atoms with Crippen LogP contribution in [0.1, 0.15) is 27.2 Å². The van der Waals surface area contributed by atoms with Crippen LogP contribution in [-0.2, 0) is 11.3 Å². The zero-order chi connectivity index (χ0) is 20.1. The number of nitrogens with zero attached hydrogens (tertiary/aromatic N) is 1. The molecule has 0 spiro atoms. The fourth-order valence-electron chi connectivity index (χ4n) is 2.88. The van der Waals surface area contributed by atoms with Crippen LogP contribution in [0, 0.1) is 13.8 Å². The van der Waals surface area contributed by atoms with Crippen molar-refractivity contribution in [2.24, 2.45) is 0 Å². The normalized spacial score (nSPS) is 10.5. The van der Waals surface area contributed by atoms with Gasteiger partial charge >= 0.3 is 0 Å². The van der Waals surface area contributed by atoms with Crippen molar-refractivity contribution in [2.45, 2.75) is 20.4 Å². The average molecular weight is 377 g/mol. The molecule has 144 valence electrons. The topological polar surface area (TPSA) is 80.3 Å². The molecular weight excluding hydrogens is 354 g/mol. The molecule has 0 saturated carbocycles. The van der Waals surface area contributed by atoms with Gasteiger partial charge in [-0.1, -0.05) is 23.8 Å². The minimum absolute atomic E-state index is 0.0969. The SMILES string of the molecule is COc1ccc(CNC(=O)CNC(=O)c2cc3cc(C)ccc3nc2C)cc1. The van der Waals surface area contributed by atoms with Crippen LogP contribution in [-0.4, -0.2) is 30.5 Å². The molecule has 0 unspecified atom stereocenters. The van der Waals surface area contributed by atoms with Gasteiger partial charge in [-0.2, -0.15) is 0 Å². The molecule has 3 aromatic rings. The molecule has 0 saturated heterocycles. The monoisotopic (exact) mass is 377 g/mol. The van der Waals surface area contributed by atoms with Crippen molar-refractivity contribution < 1.29 is 14.3 Å². The summed E-state index contributed by atoms with van der Waals surface area (Å²) < 4.78 is 5.10. The van der Waals surface area contributed by atoms with Crippen LogP contribution < -0.4 is 15.4 Å². The Bertz CT molecular complexity index is 1010. The first-order chi connectivity index (χ1) is 13.5. The van der Waals surface area contributed by atoms with Crippen LogP contribution in [0.15, 0.2) is 48.5 Å². The molecule has 0 atom stereocenters. The first kappa shape index (κ1) is 19.4. The Morgan fingerprint density at radius 1 is 1.00 bits per heavy atom. The second-order valence-corrected chi connectivity index (χ2v) is 6.62. The molecule has 0 bridgehead atoms. The lowest BCUT2D eigenvalue weighted by molar-refractivity contribution is -0.120. The Morgan fingerprint density at radius 3 is 2.46 bits per heavy atom. The summed E-state index contributed by atoms with van der Waals surface area (Å²) in [6.07, 6.45) is 0. The molecule has 2 N–H and O–H groups in total. The van der Waals surface area contributed by atoms with E-state index in [1.807, 2.05) is 55.5 Å². The molecule has 1 aromatic heterocycles. The minimum Gasteiger partial charge on any atom is -0.497 e. The number of carbonyl (C=O) groups excluding carboxylic acids is 2. The standard InChI is InChI=1S/C22H23N3O3/c1-14-4-9-20-17(10-14)11-19(15(2)25-20)22(27)24-13-21(26)23-12-16-5-7-18(28-3)8-6-16/h4-11H,12-13H2,1-3H3,(H,23,26)(H,24,27). The number of aromatic nitrogens is 1. The lowest BCUT2D eigenvalue weighted by atomic mass is 10.1. The Balaban J connectivity index is 1.57. The Kier molecular flexibility index (Phi) is 5.89. The number of rotatable bonds is 6. The smallest absolute Gasteiger partial charge is 0.253 e. The van der Waals surface area contributed by atoms with Crippen LogP contribution in [0.2, 0.25) is 0 Å². The van der Waals surface area contributed by atoms with E-state index in [1.165, 1.54) is 0 Å². The molecule has 2 aromatic carbocycles. The molecule has 6 heteroatoms. The van der Waals surface area contributed by atoms with Gasteiger partial charge in [-0.25, -0.2) is 0 Å². The third-order valence-electron chi connectivity index (χ3n) is 4.46. The Morgan fingerprint density at radius 2 is 1.75 bits per heavy atom. The maximum atomic E-state index is 12.5. The minimum atomic E-state index is -0.312. The maximum absolute atomic E-state index is 12.5. The number of methoxy groups -OCH3 is 1. The van der Waals surface area contributed by atoms with Crippen molar-refractivity contribution in [1.29, 1.82) is 0 Å². The summed E-state index contributed by atoms with van der Waals surface area (Å²) in [7, 11) is 1.60. The molecule has 0 radical (unpaired) electrons. The molecule has 0 aliphatic rings. The highest BCUT2D eigenvalue weighted by Crippen LogP contribution is 2.18. The second-order valence-electron chi connectivity index (χ2n) is 6.62. The van der Waals surface area contributed by atoms with Crippen LogP contribution in [0.5, 0.6) is 5.75 Å². The van der Waals surface area contributed by atoms with E-state index in [0.29, 0.717) is 17.8 Å². The van der Waals surface area contributed by atoms with E-state index in [9.17, 15) is 9.59 Å². The summed E-state index contributed by atoms with van der Waals surface area (Å²) in [5.74, 6) is 0.191. The Hall–Kier alpha value is -3.41. The summed E-state index contributed by atoms with van der Waals surface area (Å²) in [6, 6.07) is 15.2. The van der Waals surface area contributed by atoms with Gasteiger partial charge in [0.25, 0.3) is 5.91 Å². The third-order valence-corrected chi connectivity index (χ3v) is 4.46. The van der Waals surface area contributed by atoms with Gasteiger partial charge in [-0.05, 0) is 49.7 Å². The number of aryl methyl sites for hydroxylation is 2. The van der Waals surface area contributed by atoms with Gasteiger partial charge in [0.05, 0.1) is 30.4 Å². The highest BCUT2D eigenvalue weighted by molar-refractivity contribution is 6.00. The van der Waals surface area contributed by atoms with Crippen molar-refractivity contribution in [1.82, 2.24) is 15.6 Å². The van der Waals surface area contributed by atoms with Crippen LogP contribution in [0.4, 0.5) is 0 Å². The highest BCUT2D eigenvalue weighted by atomic mass is 16.5. The summed E-state index contributed by atoms with van der Waals surface area (Å²) in [4.78, 5) is 29.0. The summed E-state index contributed by atoms with van der Waals surface area (Å²) in [5.41, 5.74) is 4.00. The lowest BCUT2D eigenvalue weighted by Gasteiger charge is -2.10. The summed E-state index contributed by atoms with van der Waals surface area (Å²) in [5, 5.41) is 6.35. The van der Waals surface area contributed by atoms with E-state index in [2.05, 4.69) is 15.6 Å². The van der Waals surface area contributed by atoms with E-state index in [4.69, 9.17) is 4.74 Å². The molecule has 0 aliphatic heterocycles. The molecule has 3 rings (SSSR count). The molecule has 2 amide bonds. The predicted octanol–water partition coefficient (Wildman–Crippen LogP) is 2.91. The van der Waals surface area contributed by atoms with E-state index in [-0.39, 0.29) is 18.4 Å². The number of pyridine rings is 1. The fraction of sp³-hybridized carbons (Fsp3) is 0.227.